The Morgan fingerprint density at radius 3 is 2.76 bits per heavy atom. The monoisotopic (exact) mass is 303 g/mol. The molecule has 0 N–H and O–H groups in total. The van der Waals surface area contributed by atoms with Crippen LogP contribution in [0.15, 0.2) is 0 Å². The van der Waals surface area contributed by atoms with Crippen molar-refractivity contribution >= 4 is 21.8 Å². The smallest absolute Gasteiger partial charge is 0.225 e. The van der Waals surface area contributed by atoms with Crippen LogP contribution in [0.2, 0.25) is 0 Å². The lowest BCUT2D eigenvalue weighted by atomic mass is 9.88. The molecule has 2 aliphatic rings. The van der Waals surface area contributed by atoms with Crippen LogP contribution in [0.3, 0.4) is 0 Å². The van der Waals surface area contributed by atoms with E-state index in [1.54, 1.807) is 7.11 Å². The maximum Gasteiger partial charge on any atom is 0.225 e. The maximum absolute atomic E-state index is 12.3. The molecule has 1 amide bonds. The lowest BCUT2D eigenvalue weighted by Gasteiger charge is -2.27. The molecule has 4 unspecified atom stereocenters. The number of amides is 1. The van der Waals surface area contributed by atoms with Gasteiger partial charge in [0.2, 0.25) is 5.91 Å². The molecule has 0 spiro atoms. The molecule has 0 aromatic heterocycles. The van der Waals surface area contributed by atoms with Gasteiger partial charge in [0, 0.05) is 26.6 Å². The van der Waals surface area contributed by atoms with Gasteiger partial charge < -0.3 is 9.64 Å². The van der Waals surface area contributed by atoms with E-state index in [9.17, 15) is 4.79 Å². The molecule has 0 aliphatic heterocycles. The van der Waals surface area contributed by atoms with Gasteiger partial charge in [-0.3, -0.25) is 4.79 Å². The van der Waals surface area contributed by atoms with Crippen molar-refractivity contribution in [2.75, 3.05) is 27.3 Å². The molecule has 17 heavy (non-hydrogen) atoms. The topological polar surface area (TPSA) is 29.5 Å². The molecule has 0 aromatic rings. The Kier molecular flexibility index (Phi) is 4.47. The number of hydrogen-bond donors (Lipinski definition) is 0. The lowest BCUT2D eigenvalue weighted by molar-refractivity contribution is -0.135. The van der Waals surface area contributed by atoms with E-state index in [1.165, 1.54) is 19.3 Å². The Morgan fingerprint density at radius 1 is 1.47 bits per heavy atom. The second kappa shape index (κ2) is 5.70. The normalized spacial score (nSPS) is 32.8. The minimum atomic E-state index is 0.236. The Balaban J connectivity index is 1.83. The van der Waals surface area contributed by atoms with Gasteiger partial charge in [-0.15, -0.1) is 0 Å². The van der Waals surface area contributed by atoms with E-state index in [-0.39, 0.29) is 4.83 Å². The number of methoxy groups -OCH3 is 1. The van der Waals surface area contributed by atoms with Crippen molar-refractivity contribution < 1.29 is 9.53 Å². The molecule has 2 aliphatic carbocycles. The molecule has 0 radical (unpaired) electrons. The van der Waals surface area contributed by atoms with Crippen LogP contribution in [0.1, 0.15) is 25.7 Å². The highest BCUT2D eigenvalue weighted by atomic mass is 79.9. The maximum atomic E-state index is 12.3. The van der Waals surface area contributed by atoms with Crippen LogP contribution in [0.5, 0.6) is 0 Å². The van der Waals surface area contributed by atoms with Gasteiger partial charge in [0.05, 0.1) is 11.4 Å². The SMILES string of the molecule is COCC(Br)CN(C)C(=O)C1CC2CCC1C2. The molecule has 2 fully saturated rings. The van der Waals surface area contributed by atoms with E-state index < -0.39 is 0 Å². The molecule has 0 heterocycles. The molecule has 4 atom stereocenters. The highest BCUT2D eigenvalue weighted by Gasteiger charge is 2.43. The number of hydrogen-bond acceptors (Lipinski definition) is 2. The number of carbonyl (C=O) groups excluding carboxylic acids is 1. The van der Waals surface area contributed by atoms with Gasteiger partial charge in [0.25, 0.3) is 0 Å². The predicted molar refractivity (Wildman–Crippen MR) is 71.2 cm³/mol. The first-order valence-corrected chi connectivity index (χ1v) is 7.41. The van der Waals surface area contributed by atoms with Crippen LogP contribution in [0.4, 0.5) is 0 Å². The van der Waals surface area contributed by atoms with Crippen LogP contribution < -0.4 is 0 Å². The number of alkyl halides is 1. The molecule has 2 saturated carbocycles. The summed E-state index contributed by atoms with van der Waals surface area (Å²) in [7, 11) is 3.60. The zero-order valence-corrected chi connectivity index (χ0v) is 12.3. The third-order valence-corrected chi connectivity index (χ3v) is 4.80. The van der Waals surface area contributed by atoms with Crippen LogP contribution >= 0.6 is 15.9 Å². The summed E-state index contributed by atoms with van der Waals surface area (Å²) in [5.41, 5.74) is 0. The Hall–Kier alpha value is -0.0900. The molecule has 0 saturated heterocycles. The quantitative estimate of drug-likeness (QED) is 0.729. The second-order valence-corrected chi connectivity index (χ2v) is 6.85. The lowest BCUT2D eigenvalue weighted by Crippen LogP contribution is -2.39. The van der Waals surface area contributed by atoms with E-state index in [1.807, 2.05) is 11.9 Å². The summed E-state index contributed by atoms with van der Waals surface area (Å²) in [5, 5.41) is 0. The van der Waals surface area contributed by atoms with Gasteiger partial charge in [0.15, 0.2) is 0 Å². The van der Waals surface area contributed by atoms with Crippen LogP contribution in [-0.4, -0.2) is 42.9 Å². The Morgan fingerprint density at radius 2 is 2.24 bits per heavy atom. The summed E-state index contributed by atoms with van der Waals surface area (Å²) in [5.74, 6) is 2.16. The molecule has 0 aromatic carbocycles. The predicted octanol–water partition coefficient (Wildman–Crippen LogP) is 2.29. The summed E-state index contributed by atoms with van der Waals surface area (Å²) in [6.45, 7) is 1.38. The van der Waals surface area contributed by atoms with Crippen LogP contribution in [-0.2, 0) is 9.53 Å². The van der Waals surface area contributed by atoms with E-state index in [0.29, 0.717) is 24.3 Å². The fourth-order valence-corrected chi connectivity index (χ4v) is 4.15. The summed E-state index contributed by atoms with van der Waals surface area (Å²) in [6.07, 6.45) is 5.04. The second-order valence-electron chi connectivity index (χ2n) is 5.55. The van der Waals surface area contributed by atoms with Crippen LogP contribution in [0, 0.1) is 17.8 Å². The minimum absolute atomic E-state index is 0.236. The van der Waals surface area contributed by atoms with Crippen molar-refractivity contribution in [2.45, 2.75) is 30.5 Å². The fourth-order valence-electron chi connectivity index (χ4n) is 3.45. The van der Waals surface area contributed by atoms with Crippen molar-refractivity contribution in [3.05, 3.63) is 0 Å². The summed E-state index contributed by atoms with van der Waals surface area (Å²) < 4.78 is 5.07. The van der Waals surface area contributed by atoms with Gasteiger partial charge in [0.1, 0.15) is 0 Å². The molecule has 4 heteroatoms. The minimum Gasteiger partial charge on any atom is -0.383 e. The third-order valence-electron chi connectivity index (χ3n) is 4.25. The number of fused-ring (bicyclic) bond motifs is 2. The van der Waals surface area contributed by atoms with Gasteiger partial charge >= 0.3 is 0 Å². The van der Waals surface area contributed by atoms with Crippen molar-refractivity contribution in [1.29, 1.82) is 0 Å². The highest BCUT2D eigenvalue weighted by Crippen LogP contribution is 2.48. The Labute approximate surface area is 112 Å². The average molecular weight is 304 g/mol. The largest absolute Gasteiger partial charge is 0.383 e. The summed E-state index contributed by atoms with van der Waals surface area (Å²) in [6, 6.07) is 0. The van der Waals surface area contributed by atoms with E-state index in [4.69, 9.17) is 4.74 Å². The van der Waals surface area contributed by atoms with E-state index in [0.717, 1.165) is 18.9 Å². The van der Waals surface area contributed by atoms with E-state index >= 15 is 0 Å². The number of nitrogens with zero attached hydrogens (tertiary/aromatic N) is 1. The zero-order valence-electron chi connectivity index (χ0n) is 10.7. The number of ether oxygens (including phenoxy) is 1. The van der Waals surface area contributed by atoms with Crippen molar-refractivity contribution in [3.8, 4) is 0 Å². The molecular weight excluding hydrogens is 282 g/mol. The molecular formula is C13H22BrNO2. The standard InChI is InChI=1S/C13H22BrNO2/c1-15(7-11(14)8-17-2)13(16)12-6-9-3-4-10(12)5-9/h9-12H,3-8H2,1-2H3. The van der Waals surface area contributed by atoms with Gasteiger partial charge in [-0.25, -0.2) is 0 Å². The van der Waals surface area contributed by atoms with Crippen molar-refractivity contribution in [1.82, 2.24) is 4.90 Å². The Bertz CT molecular complexity index is 285. The fraction of sp³-hybridized carbons (Fsp3) is 0.923. The number of halogens is 1. The molecule has 2 rings (SSSR count). The van der Waals surface area contributed by atoms with Gasteiger partial charge in [-0.1, -0.05) is 22.4 Å². The first-order chi connectivity index (χ1) is 8.11. The molecule has 3 nitrogen and oxygen atoms in total. The summed E-state index contributed by atoms with van der Waals surface area (Å²) in [4.78, 5) is 14.5. The molecule has 2 bridgehead atoms. The molecule has 98 valence electrons. The summed E-state index contributed by atoms with van der Waals surface area (Å²) >= 11 is 3.54. The van der Waals surface area contributed by atoms with Crippen molar-refractivity contribution in [3.63, 3.8) is 0 Å². The van der Waals surface area contributed by atoms with E-state index in [2.05, 4.69) is 15.9 Å². The third kappa shape index (κ3) is 3.02. The van der Waals surface area contributed by atoms with Crippen molar-refractivity contribution in [2.24, 2.45) is 17.8 Å². The number of rotatable bonds is 5. The zero-order chi connectivity index (χ0) is 12.4. The highest BCUT2D eigenvalue weighted by molar-refractivity contribution is 9.09. The number of carbonyl (C=O) groups is 1. The first kappa shape index (κ1) is 13.3. The van der Waals surface area contributed by atoms with Crippen LogP contribution in [0.25, 0.3) is 0 Å². The van der Waals surface area contributed by atoms with Gasteiger partial charge in [-0.2, -0.15) is 0 Å². The average Bonchev–Trinajstić information content (AvgIpc) is 2.89. The first-order valence-electron chi connectivity index (χ1n) is 6.49. The van der Waals surface area contributed by atoms with Gasteiger partial charge in [-0.05, 0) is 31.1 Å².